The van der Waals surface area contributed by atoms with E-state index in [0.717, 1.165) is 27.9 Å². The molecule has 0 fully saturated rings. The van der Waals surface area contributed by atoms with Crippen molar-refractivity contribution < 1.29 is 9.53 Å². The number of nitriles is 1. The molecule has 1 aromatic carbocycles. The van der Waals surface area contributed by atoms with Crippen LogP contribution in [0.1, 0.15) is 37.5 Å². The predicted molar refractivity (Wildman–Crippen MR) is 101 cm³/mol. The molecular formula is C20H21N5O2. The summed E-state index contributed by atoms with van der Waals surface area (Å²) >= 11 is 0. The van der Waals surface area contributed by atoms with Crippen LogP contribution in [0.25, 0.3) is 16.8 Å². The number of alkyl carbamates (subject to hydrolysis) is 1. The first kappa shape index (κ1) is 18.4. The maximum atomic E-state index is 11.8. The molecule has 0 aliphatic rings. The highest BCUT2D eigenvalue weighted by atomic mass is 16.6. The number of hydrogen-bond donors (Lipinski definition) is 1. The Morgan fingerprint density at radius 3 is 2.78 bits per heavy atom. The summed E-state index contributed by atoms with van der Waals surface area (Å²) in [5.74, 6) is 0. The number of hydrogen-bond acceptors (Lipinski definition) is 5. The molecule has 0 saturated carbocycles. The summed E-state index contributed by atoms with van der Waals surface area (Å²) < 4.78 is 6.90. The molecular weight excluding hydrogens is 342 g/mol. The van der Waals surface area contributed by atoms with Crippen LogP contribution in [-0.2, 0) is 11.3 Å². The highest BCUT2D eigenvalue weighted by molar-refractivity contribution is 5.78. The van der Waals surface area contributed by atoms with E-state index < -0.39 is 11.7 Å². The third kappa shape index (κ3) is 4.23. The second kappa shape index (κ2) is 7.08. The van der Waals surface area contributed by atoms with E-state index in [-0.39, 0.29) is 0 Å². The van der Waals surface area contributed by atoms with Gasteiger partial charge in [-0.3, -0.25) is 0 Å². The number of carbonyl (C=O) groups excluding carboxylic acids is 1. The fraction of sp³-hybridized carbons (Fsp3) is 0.300. The van der Waals surface area contributed by atoms with Crippen molar-refractivity contribution in [1.29, 1.82) is 5.26 Å². The van der Waals surface area contributed by atoms with Crippen LogP contribution in [0.4, 0.5) is 4.79 Å². The van der Waals surface area contributed by atoms with E-state index in [1.54, 1.807) is 16.8 Å². The van der Waals surface area contributed by atoms with Gasteiger partial charge in [0, 0.05) is 18.3 Å². The number of carbonyl (C=O) groups is 1. The van der Waals surface area contributed by atoms with E-state index in [4.69, 9.17) is 10.00 Å². The Morgan fingerprint density at radius 2 is 2.11 bits per heavy atom. The Morgan fingerprint density at radius 1 is 1.33 bits per heavy atom. The number of fused-ring (bicyclic) bond motifs is 1. The molecule has 2 heterocycles. The topological polar surface area (TPSA) is 92.3 Å². The summed E-state index contributed by atoms with van der Waals surface area (Å²) in [4.78, 5) is 16.2. The van der Waals surface area contributed by atoms with Crippen molar-refractivity contribution in [2.45, 2.75) is 39.8 Å². The minimum atomic E-state index is -0.527. The van der Waals surface area contributed by atoms with E-state index in [1.165, 1.54) is 6.33 Å². The molecule has 0 radical (unpaired) electrons. The molecule has 138 valence electrons. The van der Waals surface area contributed by atoms with E-state index >= 15 is 0 Å². The Kier molecular flexibility index (Phi) is 4.82. The van der Waals surface area contributed by atoms with E-state index in [1.807, 2.05) is 45.9 Å². The van der Waals surface area contributed by atoms with Crippen LogP contribution in [0.3, 0.4) is 0 Å². The van der Waals surface area contributed by atoms with Crippen LogP contribution < -0.4 is 5.32 Å². The second-order valence-corrected chi connectivity index (χ2v) is 7.28. The predicted octanol–water partition coefficient (Wildman–Crippen LogP) is 3.60. The number of rotatable bonds is 3. The molecule has 3 rings (SSSR count). The average Bonchev–Trinajstić information content (AvgIpc) is 3.02. The number of amides is 1. The molecule has 7 nitrogen and oxygen atoms in total. The molecule has 3 aromatic rings. The molecule has 0 bridgehead atoms. The monoisotopic (exact) mass is 363 g/mol. The summed E-state index contributed by atoms with van der Waals surface area (Å²) in [6.07, 6.45) is 2.70. The lowest BCUT2D eigenvalue weighted by molar-refractivity contribution is 0.0523. The van der Waals surface area contributed by atoms with Gasteiger partial charge in [-0.05, 0) is 51.0 Å². The number of nitrogens with zero attached hydrogens (tertiary/aromatic N) is 4. The van der Waals surface area contributed by atoms with Gasteiger partial charge in [0.1, 0.15) is 18.0 Å². The molecule has 27 heavy (non-hydrogen) atoms. The molecule has 0 atom stereocenters. The van der Waals surface area contributed by atoms with E-state index in [0.29, 0.717) is 12.1 Å². The first-order chi connectivity index (χ1) is 12.8. The Labute approximate surface area is 157 Å². The van der Waals surface area contributed by atoms with Crippen LogP contribution in [0.5, 0.6) is 0 Å². The lowest BCUT2D eigenvalue weighted by Crippen LogP contribution is -2.32. The quantitative estimate of drug-likeness (QED) is 0.767. The summed E-state index contributed by atoms with van der Waals surface area (Å²) in [6, 6.07) is 9.79. The van der Waals surface area contributed by atoms with Gasteiger partial charge in [-0.15, -0.1) is 0 Å². The maximum absolute atomic E-state index is 11.8. The van der Waals surface area contributed by atoms with Crippen molar-refractivity contribution in [3.8, 4) is 17.3 Å². The zero-order valence-electron chi connectivity index (χ0n) is 15.8. The normalized spacial score (nSPS) is 11.2. The zero-order chi connectivity index (χ0) is 19.6. The molecule has 1 N–H and O–H groups in total. The van der Waals surface area contributed by atoms with Crippen molar-refractivity contribution in [3.05, 3.63) is 53.5 Å². The molecule has 0 saturated heterocycles. The molecule has 0 aliphatic carbocycles. The number of benzene rings is 1. The lowest BCUT2D eigenvalue weighted by Gasteiger charge is -2.20. The SMILES string of the molecule is Cc1cc(-c2ncnn3cc(C#N)cc23)ccc1CNC(=O)OC(C)(C)C. The fourth-order valence-corrected chi connectivity index (χ4v) is 2.74. The molecule has 7 heteroatoms. The van der Waals surface area contributed by atoms with Crippen molar-refractivity contribution >= 4 is 11.6 Å². The number of aromatic nitrogens is 3. The van der Waals surface area contributed by atoms with Crippen LogP contribution in [0.15, 0.2) is 36.8 Å². The zero-order valence-corrected chi connectivity index (χ0v) is 15.8. The minimum Gasteiger partial charge on any atom is -0.444 e. The van der Waals surface area contributed by atoms with E-state index in [9.17, 15) is 4.79 Å². The summed E-state index contributed by atoms with van der Waals surface area (Å²) in [7, 11) is 0. The van der Waals surface area contributed by atoms with Gasteiger partial charge in [0.05, 0.1) is 16.8 Å². The molecule has 0 aliphatic heterocycles. The lowest BCUT2D eigenvalue weighted by atomic mass is 10.0. The van der Waals surface area contributed by atoms with Gasteiger partial charge >= 0.3 is 6.09 Å². The van der Waals surface area contributed by atoms with Crippen molar-refractivity contribution in [3.63, 3.8) is 0 Å². The number of aryl methyl sites for hydroxylation is 1. The standard InChI is InChI=1S/C20H21N5O2/c1-13-7-15(5-6-16(13)10-22-19(26)27-20(2,3)4)18-17-8-14(9-21)11-25(17)24-12-23-18/h5-8,11-12H,10H2,1-4H3,(H,22,26). The van der Waals surface area contributed by atoms with Gasteiger partial charge < -0.3 is 10.1 Å². The highest BCUT2D eigenvalue weighted by Crippen LogP contribution is 2.25. The Hall–Kier alpha value is -3.40. The highest BCUT2D eigenvalue weighted by Gasteiger charge is 2.16. The van der Waals surface area contributed by atoms with Gasteiger partial charge in [-0.25, -0.2) is 14.3 Å². The van der Waals surface area contributed by atoms with Crippen LogP contribution in [0, 0.1) is 18.3 Å². The van der Waals surface area contributed by atoms with Crippen molar-refractivity contribution in [2.75, 3.05) is 0 Å². The first-order valence-electron chi connectivity index (χ1n) is 8.57. The molecule has 0 spiro atoms. The third-order valence-corrected chi connectivity index (χ3v) is 3.97. The Bertz CT molecular complexity index is 1040. The molecule has 1 amide bonds. The number of ether oxygens (including phenoxy) is 1. The van der Waals surface area contributed by atoms with Crippen molar-refractivity contribution in [2.24, 2.45) is 0 Å². The smallest absolute Gasteiger partial charge is 0.407 e. The Balaban J connectivity index is 1.82. The summed E-state index contributed by atoms with van der Waals surface area (Å²) in [5.41, 5.74) is 4.46. The first-order valence-corrected chi connectivity index (χ1v) is 8.57. The summed E-state index contributed by atoms with van der Waals surface area (Å²) in [5, 5.41) is 16.0. The molecule has 2 aromatic heterocycles. The third-order valence-electron chi connectivity index (χ3n) is 3.97. The van der Waals surface area contributed by atoms with Gasteiger partial charge in [0.25, 0.3) is 0 Å². The second-order valence-electron chi connectivity index (χ2n) is 7.28. The molecule has 0 unspecified atom stereocenters. The maximum Gasteiger partial charge on any atom is 0.407 e. The minimum absolute atomic E-state index is 0.379. The van der Waals surface area contributed by atoms with E-state index in [2.05, 4.69) is 21.5 Å². The van der Waals surface area contributed by atoms with Gasteiger partial charge in [-0.2, -0.15) is 10.4 Å². The van der Waals surface area contributed by atoms with Crippen LogP contribution in [-0.4, -0.2) is 26.3 Å². The van der Waals surface area contributed by atoms with Gasteiger partial charge in [0.15, 0.2) is 0 Å². The van der Waals surface area contributed by atoms with Gasteiger partial charge in [0.2, 0.25) is 0 Å². The fourth-order valence-electron chi connectivity index (χ4n) is 2.74. The average molecular weight is 363 g/mol. The van der Waals surface area contributed by atoms with Gasteiger partial charge in [-0.1, -0.05) is 12.1 Å². The van der Waals surface area contributed by atoms with Crippen LogP contribution in [0.2, 0.25) is 0 Å². The largest absolute Gasteiger partial charge is 0.444 e. The number of nitrogens with one attached hydrogen (secondary N) is 1. The van der Waals surface area contributed by atoms with Crippen LogP contribution >= 0.6 is 0 Å². The summed E-state index contributed by atoms with van der Waals surface area (Å²) in [6.45, 7) is 7.84. The van der Waals surface area contributed by atoms with Crippen molar-refractivity contribution in [1.82, 2.24) is 19.9 Å².